The Balaban J connectivity index is 1.80. The van der Waals surface area contributed by atoms with Gasteiger partial charge in [-0.2, -0.15) is 0 Å². The summed E-state index contributed by atoms with van der Waals surface area (Å²) in [5.74, 6) is -1.57. The molecule has 0 bridgehead atoms. The molecule has 57 heavy (non-hydrogen) atoms. The fourth-order valence-corrected chi connectivity index (χ4v) is 8.52. The fraction of sp³-hybridized carbons (Fsp3) is 0.609. The molecule has 4 amide bonds. The van der Waals surface area contributed by atoms with Gasteiger partial charge in [-0.1, -0.05) is 128 Å². The minimum absolute atomic E-state index is 0.00194. The second-order valence-corrected chi connectivity index (χ2v) is 16.4. The number of likely N-dealkylation sites (N-methyl/N-ethyl adjacent to an activating group) is 2. The number of likely N-dealkylation sites (tertiary alicyclic amines) is 1. The first-order valence-electron chi connectivity index (χ1n) is 20.8. The van der Waals surface area contributed by atoms with Gasteiger partial charge in [0.25, 0.3) is 0 Å². The Morgan fingerprint density at radius 3 is 2.05 bits per heavy atom. The number of amides is 4. The molecule has 9 atom stereocenters. The predicted molar refractivity (Wildman–Crippen MR) is 228 cm³/mol. The van der Waals surface area contributed by atoms with E-state index in [0.717, 1.165) is 24.0 Å². The van der Waals surface area contributed by atoms with E-state index < -0.39 is 30.2 Å². The van der Waals surface area contributed by atoms with Crippen molar-refractivity contribution in [2.24, 2.45) is 23.7 Å². The molecule has 1 fully saturated rings. The molecule has 11 nitrogen and oxygen atoms in total. The van der Waals surface area contributed by atoms with Gasteiger partial charge < -0.3 is 25.0 Å². The number of nitrogens with zero attached hydrogens (tertiary/aromatic N) is 2. The summed E-state index contributed by atoms with van der Waals surface area (Å²) in [5, 5.41) is 8.94. The number of nitrogens with one attached hydrogen (secondary N) is 3. The van der Waals surface area contributed by atoms with Gasteiger partial charge in [0.2, 0.25) is 23.6 Å². The maximum atomic E-state index is 14.4. The summed E-state index contributed by atoms with van der Waals surface area (Å²) in [6, 6.07) is 18.1. The van der Waals surface area contributed by atoms with E-state index in [1.54, 1.807) is 21.3 Å². The van der Waals surface area contributed by atoms with E-state index in [-0.39, 0.29) is 65.9 Å². The second kappa shape index (κ2) is 23.5. The van der Waals surface area contributed by atoms with Crippen LogP contribution in [-0.4, -0.2) is 111 Å². The zero-order valence-corrected chi connectivity index (χ0v) is 36.4. The van der Waals surface area contributed by atoms with Crippen LogP contribution in [0.4, 0.5) is 0 Å². The predicted octanol–water partition coefficient (Wildman–Crippen LogP) is 5.73. The first-order valence-corrected chi connectivity index (χ1v) is 20.8. The lowest BCUT2D eigenvalue weighted by atomic mass is 9.87. The first kappa shape index (κ1) is 47.5. The van der Waals surface area contributed by atoms with Crippen molar-refractivity contribution in [1.29, 1.82) is 0 Å². The van der Waals surface area contributed by atoms with E-state index in [1.165, 1.54) is 0 Å². The van der Waals surface area contributed by atoms with Gasteiger partial charge in [-0.05, 0) is 62.2 Å². The molecule has 0 spiro atoms. The maximum absolute atomic E-state index is 14.4. The van der Waals surface area contributed by atoms with Gasteiger partial charge in [-0.15, -0.1) is 0 Å². The molecule has 0 saturated carbocycles. The molecule has 3 N–H and O–H groups in total. The molecule has 1 saturated heterocycles. The number of carbonyl (C=O) groups is 4. The third kappa shape index (κ3) is 13.3. The van der Waals surface area contributed by atoms with E-state index >= 15 is 0 Å². The Kier molecular flexibility index (Phi) is 19.6. The molecular weight excluding hydrogens is 719 g/mol. The number of carbonyl (C=O) groups excluding carboxylic acids is 4. The van der Waals surface area contributed by atoms with Crippen LogP contribution in [0.2, 0.25) is 0 Å². The Labute approximate surface area is 342 Å². The summed E-state index contributed by atoms with van der Waals surface area (Å²) in [6.45, 7) is 14.4. The lowest BCUT2D eigenvalue weighted by Crippen LogP contribution is -2.60. The van der Waals surface area contributed by atoms with E-state index in [4.69, 9.17) is 9.47 Å². The van der Waals surface area contributed by atoms with Crippen molar-refractivity contribution in [3.8, 4) is 0 Å². The van der Waals surface area contributed by atoms with E-state index in [0.29, 0.717) is 19.4 Å². The van der Waals surface area contributed by atoms with Crippen LogP contribution < -0.4 is 16.0 Å². The zero-order chi connectivity index (χ0) is 42.2. The molecule has 1 aliphatic rings. The van der Waals surface area contributed by atoms with Gasteiger partial charge in [-0.3, -0.25) is 29.4 Å². The molecule has 1 heterocycles. The van der Waals surface area contributed by atoms with Crippen molar-refractivity contribution in [1.82, 2.24) is 25.8 Å². The average Bonchev–Trinajstić information content (AvgIpc) is 3.67. The summed E-state index contributed by atoms with van der Waals surface area (Å²) in [5.41, 5.74) is 2.16. The minimum Gasteiger partial charge on any atom is -0.379 e. The van der Waals surface area contributed by atoms with Crippen LogP contribution in [0.25, 0.3) is 6.08 Å². The lowest BCUT2D eigenvalue weighted by Gasteiger charge is -2.43. The Morgan fingerprint density at radius 2 is 1.51 bits per heavy atom. The van der Waals surface area contributed by atoms with Gasteiger partial charge in [0.15, 0.2) is 0 Å². The average molecular weight is 790 g/mol. The largest absolute Gasteiger partial charge is 0.379 e. The molecule has 2 aromatic carbocycles. The van der Waals surface area contributed by atoms with Crippen LogP contribution in [-0.2, 0) is 35.1 Å². The molecule has 3 rings (SSSR count). The molecule has 316 valence electrons. The van der Waals surface area contributed by atoms with Crippen LogP contribution in [0.5, 0.6) is 0 Å². The number of hydrogen-bond acceptors (Lipinski definition) is 8. The molecule has 0 aliphatic carbocycles. The van der Waals surface area contributed by atoms with Crippen molar-refractivity contribution in [3.63, 3.8) is 0 Å². The summed E-state index contributed by atoms with van der Waals surface area (Å²) < 4.78 is 12.2. The number of hydrogen-bond donors (Lipinski definition) is 3. The number of benzene rings is 2. The third-order valence-electron chi connectivity index (χ3n) is 11.7. The lowest BCUT2D eigenvalue weighted by molar-refractivity contribution is -0.144. The molecule has 0 unspecified atom stereocenters. The highest BCUT2D eigenvalue weighted by Crippen LogP contribution is 2.30. The summed E-state index contributed by atoms with van der Waals surface area (Å²) in [7, 11) is 6.82. The number of ether oxygens (including phenoxy) is 2. The van der Waals surface area contributed by atoms with Gasteiger partial charge in [0.1, 0.15) is 0 Å². The van der Waals surface area contributed by atoms with Crippen LogP contribution in [0.3, 0.4) is 0 Å². The molecule has 0 radical (unpaired) electrons. The highest BCUT2D eigenvalue weighted by Gasteiger charge is 2.43. The fourth-order valence-electron chi connectivity index (χ4n) is 8.52. The normalized spacial score (nSPS) is 18.9. The second-order valence-electron chi connectivity index (χ2n) is 16.4. The van der Waals surface area contributed by atoms with Crippen LogP contribution in [0, 0.1) is 23.7 Å². The quantitative estimate of drug-likeness (QED) is 0.138. The van der Waals surface area contributed by atoms with Gasteiger partial charge in [0, 0.05) is 26.8 Å². The molecule has 1 aliphatic heterocycles. The van der Waals surface area contributed by atoms with Crippen molar-refractivity contribution < 1.29 is 28.7 Å². The number of rotatable bonds is 22. The SMILES string of the molecule is CC[C@H](C)[C@@H]([C@@H](CC(=O)N1CCC[C@H]1[C@H](OC)[C@@H](C)C(=O)N[C@H](/C=C\c1ccccc1)Cc1ccccc1)OC)N(C)[C@H](C(=O)NC(=O)[C@@H](NC)C(C)C)C(C)C. The summed E-state index contributed by atoms with van der Waals surface area (Å²) in [6.07, 6.45) is 6.01. The Bertz CT molecular complexity index is 1570. The molecule has 0 aromatic heterocycles. The van der Waals surface area contributed by atoms with E-state index in [2.05, 4.69) is 41.9 Å². The first-order chi connectivity index (χ1) is 27.2. The molecule has 11 heteroatoms. The van der Waals surface area contributed by atoms with Gasteiger partial charge in [-0.25, -0.2) is 0 Å². The Morgan fingerprint density at radius 1 is 0.877 bits per heavy atom. The van der Waals surface area contributed by atoms with Gasteiger partial charge in [0.05, 0.1) is 48.7 Å². The van der Waals surface area contributed by atoms with Crippen LogP contribution >= 0.6 is 0 Å². The molecular formula is C46H71N5O6. The van der Waals surface area contributed by atoms with Crippen molar-refractivity contribution in [3.05, 3.63) is 77.9 Å². The zero-order valence-electron chi connectivity index (χ0n) is 36.4. The third-order valence-corrected chi connectivity index (χ3v) is 11.7. The van der Waals surface area contributed by atoms with Crippen LogP contribution in [0.15, 0.2) is 66.7 Å². The molecule has 2 aromatic rings. The van der Waals surface area contributed by atoms with Crippen molar-refractivity contribution in [2.75, 3.05) is 34.9 Å². The monoisotopic (exact) mass is 790 g/mol. The maximum Gasteiger partial charge on any atom is 0.244 e. The summed E-state index contributed by atoms with van der Waals surface area (Å²) >= 11 is 0. The van der Waals surface area contributed by atoms with Crippen molar-refractivity contribution in [2.45, 2.75) is 123 Å². The number of imide groups is 1. The topological polar surface area (TPSA) is 129 Å². The van der Waals surface area contributed by atoms with E-state index in [9.17, 15) is 19.2 Å². The minimum atomic E-state index is -0.643. The van der Waals surface area contributed by atoms with Gasteiger partial charge >= 0.3 is 0 Å². The van der Waals surface area contributed by atoms with Crippen molar-refractivity contribution >= 4 is 29.7 Å². The summed E-state index contributed by atoms with van der Waals surface area (Å²) in [4.78, 5) is 59.1. The Hall–Kier alpha value is -3.90. The highest BCUT2D eigenvalue weighted by atomic mass is 16.5. The van der Waals surface area contributed by atoms with Crippen LogP contribution in [0.1, 0.15) is 85.3 Å². The smallest absolute Gasteiger partial charge is 0.244 e. The standard InChI is InChI=1S/C46H71N5O6/c1-12-32(6)42(50(9)41(31(4)5)46(55)49-45(54)40(47-8)30(2)3)38(56-10)29-39(52)51-27-19-24-37(51)43(57-11)33(7)44(53)48-36(28-35-22-17-14-18-23-35)26-25-34-20-15-13-16-21-34/h13-18,20-23,25-26,30-33,36-38,40-43,47H,12,19,24,27-29H2,1-11H3,(H,48,53)(H,49,54,55)/b26-25-/t32-,33+,36+,37-,38+,40-,41-,42-,43+/m0/s1. The van der Waals surface area contributed by atoms with E-state index in [1.807, 2.05) is 112 Å². The highest BCUT2D eigenvalue weighted by molar-refractivity contribution is 6.00. The number of methoxy groups -OCH3 is 2.